The van der Waals surface area contributed by atoms with E-state index >= 15 is 0 Å². The maximum Gasteiger partial charge on any atom is 0.307 e. The summed E-state index contributed by atoms with van der Waals surface area (Å²) in [5.41, 5.74) is 0. The number of carbonyl (C=O) groups is 1. The van der Waals surface area contributed by atoms with Crippen molar-refractivity contribution < 1.29 is 23.1 Å². The van der Waals surface area contributed by atoms with Crippen LogP contribution in [0.4, 0.5) is 0 Å². The van der Waals surface area contributed by atoms with Gasteiger partial charge in [0.15, 0.2) is 0 Å². The van der Waals surface area contributed by atoms with Crippen LogP contribution in [0, 0.1) is 5.92 Å². The second-order valence-electron chi connectivity index (χ2n) is 4.94. The Kier molecular flexibility index (Phi) is 4.84. The Labute approximate surface area is 124 Å². The van der Waals surface area contributed by atoms with Gasteiger partial charge >= 0.3 is 5.97 Å². The van der Waals surface area contributed by atoms with Gasteiger partial charge in [-0.1, -0.05) is 0 Å². The van der Waals surface area contributed by atoms with Gasteiger partial charge in [0.1, 0.15) is 5.75 Å². The smallest absolute Gasteiger partial charge is 0.307 e. The molecule has 0 aromatic heterocycles. The van der Waals surface area contributed by atoms with E-state index in [4.69, 9.17) is 9.84 Å². The van der Waals surface area contributed by atoms with Gasteiger partial charge < -0.3 is 9.84 Å². The highest BCUT2D eigenvalue weighted by Crippen LogP contribution is 2.25. The first kappa shape index (κ1) is 15.8. The van der Waals surface area contributed by atoms with E-state index in [2.05, 4.69) is 0 Å². The Morgan fingerprint density at radius 2 is 2.05 bits per heavy atom. The second kappa shape index (κ2) is 6.44. The lowest BCUT2D eigenvalue weighted by Crippen LogP contribution is -2.42. The fraction of sp³-hybridized carbons (Fsp3) is 0.500. The molecule has 1 aliphatic heterocycles. The Morgan fingerprint density at radius 3 is 2.62 bits per heavy atom. The summed E-state index contributed by atoms with van der Waals surface area (Å²) >= 11 is 0. The van der Waals surface area contributed by atoms with E-state index in [9.17, 15) is 13.2 Å². The van der Waals surface area contributed by atoms with Crippen molar-refractivity contribution in [2.75, 3.05) is 19.7 Å². The van der Waals surface area contributed by atoms with Gasteiger partial charge in [-0.3, -0.25) is 4.79 Å². The van der Waals surface area contributed by atoms with Gasteiger partial charge in [-0.15, -0.1) is 0 Å². The molecule has 0 aliphatic carbocycles. The number of nitrogens with zero attached hydrogens (tertiary/aromatic N) is 1. The van der Waals surface area contributed by atoms with E-state index in [-0.39, 0.29) is 11.4 Å². The first-order valence-electron chi connectivity index (χ1n) is 6.91. The molecule has 21 heavy (non-hydrogen) atoms. The second-order valence-corrected chi connectivity index (χ2v) is 6.88. The number of hydrogen-bond acceptors (Lipinski definition) is 4. The lowest BCUT2D eigenvalue weighted by Gasteiger charge is -2.29. The Balaban J connectivity index is 2.18. The van der Waals surface area contributed by atoms with Crippen molar-refractivity contribution in [3.63, 3.8) is 0 Å². The van der Waals surface area contributed by atoms with Gasteiger partial charge in [0.05, 0.1) is 17.4 Å². The lowest BCUT2D eigenvalue weighted by atomic mass is 10.0. The van der Waals surface area contributed by atoms with E-state index in [0.717, 1.165) is 0 Å². The maximum absolute atomic E-state index is 12.5. The van der Waals surface area contributed by atoms with Crippen LogP contribution in [0.1, 0.15) is 19.8 Å². The fourth-order valence-electron chi connectivity index (χ4n) is 2.39. The largest absolute Gasteiger partial charge is 0.494 e. The van der Waals surface area contributed by atoms with E-state index < -0.39 is 21.9 Å². The number of aliphatic carboxylic acids is 1. The normalized spacial score (nSPS) is 20.1. The van der Waals surface area contributed by atoms with Crippen molar-refractivity contribution in [1.82, 2.24) is 4.31 Å². The summed E-state index contributed by atoms with van der Waals surface area (Å²) in [4.78, 5) is 11.2. The predicted molar refractivity (Wildman–Crippen MR) is 76.7 cm³/mol. The summed E-state index contributed by atoms with van der Waals surface area (Å²) in [7, 11) is -3.65. The molecule has 0 saturated carbocycles. The van der Waals surface area contributed by atoms with Crippen molar-refractivity contribution in [1.29, 1.82) is 0 Å². The van der Waals surface area contributed by atoms with Crippen LogP contribution in [0.3, 0.4) is 0 Å². The molecule has 1 saturated heterocycles. The molecule has 1 aromatic rings. The van der Waals surface area contributed by atoms with E-state index in [0.29, 0.717) is 31.7 Å². The summed E-state index contributed by atoms with van der Waals surface area (Å²) in [5, 5.41) is 9.05. The molecule has 1 atom stereocenters. The fourth-order valence-corrected chi connectivity index (χ4v) is 3.91. The first-order valence-corrected chi connectivity index (χ1v) is 8.35. The average molecular weight is 313 g/mol. The van der Waals surface area contributed by atoms with Gasteiger partial charge in [-0.05, 0) is 44.0 Å². The zero-order valence-electron chi connectivity index (χ0n) is 11.9. The van der Waals surface area contributed by atoms with Crippen molar-refractivity contribution in [3.8, 4) is 5.75 Å². The molecule has 1 heterocycles. The van der Waals surface area contributed by atoms with Crippen molar-refractivity contribution in [2.45, 2.75) is 24.7 Å². The Bertz CT molecular complexity index is 596. The molecule has 1 aromatic carbocycles. The number of hydrogen-bond donors (Lipinski definition) is 1. The third-order valence-electron chi connectivity index (χ3n) is 3.51. The van der Waals surface area contributed by atoms with Crippen LogP contribution in [-0.2, 0) is 14.8 Å². The summed E-state index contributed by atoms with van der Waals surface area (Å²) in [5.74, 6) is -0.962. The van der Waals surface area contributed by atoms with Crippen molar-refractivity contribution >= 4 is 16.0 Å². The topological polar surface area (TPSA) is 83.9 Å². The predicted octanol–water partition coefficient (Wildman–Crippen LogP) is 1.57. The van der Waals surface area contributed by atoms with Crippen LogP contribution in [0.15, 0.2) is 29.2 Å². The maximum atomic E-state index is 12.5. The lowest BCUT2D eigenvalue weighted by molar-refractivity contribution is -0.142. The Morgan fingerprint density at radius 1 is 1.38 bits per heavy atom. The molecule has 0 radical (unpaired) electrons. The molecular formula is C14H19NO5S. The number of piperidine rings is 1. The van der Waals surface area contributed by atoms with Crippen LogP contribution in [0.25, 0.3) is 0 Å². The molecule has 0 amide bonds. The van der Waals surface area contributed by atoms with E-state index in [1.54, 1.807) is 12.1 Å². The highest BCUT2D eigenvalue weighted by atomic mass is 32.2. The molecule has 1 N–H and O–H groups in total. The van der Waals surface area contributed by atoms with Gasteiger partial charge in [-0.25, -0.2) is 8.42 Å². The number of carboxylic acids is 1. The van der Waals surface area contributed by atoms with Crippen LogP contribution in [0.5, 0.6) is 5.75 Å². The van der Waals surface area contributed by atoms with Crippen LogP contribution < -0.4 is 4.74 Å². The molecule has 6 nitrogen and oxygen atoms in total. The SMILES string of the molecule is CCOc1ccc(S(=O)(=O)N2CCCC(C(=O)O)C2)cc1. The summed E-state index contributed by atoms with van der Waals surface area (Å²) in [6, 6.07) is 6.19. The number of ether oxygens (including phenoxy) is 1. The zero-order chi connectivity index (χ0) is 15.5. The molecule has 1 fully saturated rings. The summed E-state index contributed by atoms with van der Waals surface area (Å²) in [6.45, 7) is 2.76. The minimum atomic E-state index is -3.65. The minimum absolute atomic E-state index is 0.0326. The average Bonchev–Trinajstić information content (AvgIpc) is 2.48. The summed E-state index contributed by atoms with van der Waals surface area (Å²) < 4.78 is 31.6. The highest BCUT2D eigenvalue weighted by molar-refractivity contribution is 7.89. The first-order chi connectivity index (χ1) is 9.95. The van der Waals surface area contributed by atoms with E-state index in [1.165, 1.54) is 16.4 Å². The number of benzene rings is 1. The molecule has 2 rings (SSSR count). The van der Waals surface area contributed by atoms with Crippen LogP contribution >= 0.6 is 0 Å². The van der Waals surface area contributed by atoms with Gasteiger partial charge in [-0.2, -0.15) is 4.31 Å². The third kappa shape index (κ3) is 3.54. The third-order valence-corrected chi connectivity index (χ3v) is 5.39. The van der Waals surface area contributed by atoms with Crippen LogP contribution in [0.2, 0.25) is 0 Å². The molecule has 7 heteroatoms. The monoisotopic (exact) mass is 313 g/mol. The van der Waals surface area contributed by atoms with E-state index in [1.807, 2.05) is 6.92 Å². The Hall–Kier alpha value is -1.60. The highest BCUT2D eigenvalue weighted by Gasteiger charge is 2.33. The van der Waals surface area contributed by atoms with Gasteiger partial charge in [0.25, 0.3) is 0 Å². The molecule has 0 bridgehead atoms. The number of rotatable bonds is 5. The quantitative estimate of drug-likeness (QED) is 0.892. The molecule has 116 valence electrons. The molecular weight excluding hydrogens is 294 g/mol. The summed E-state index contributed by atoms with van der Waals surface area (Å²) in [6.07, 6.45) is 1.08. The minimum Gasteiger partial charge on any atom is -0.494 e. The molecule has 0 spiro atoms. The molecule has 1 aliphatic rings. The van der Waals surface area contributed by atoms with Crippen molar-refractivity contribution in [3.05, 3.63) is 24.3 Å². The van der Waals surface area contributed by atoms with Gasteiger partial charge in [0.2, 0.25) is 10.0 Å². The van der Waals surface area contributed by atoms with Crippen LogP contribution in [-0.4, -0.2) is 43.5 Å². The standard InChI is InChI=1S/C14H19NO5S/c1-2-20-12-5-7-13(8-6-12)21(18,19)15-9-3-4-11(10-15)14(16)17/h5-8,11H,2-4,9-10H2,1H3,(H,16,17). The number of sulfonamides is 1. The zero-order valence-corrected chi connectivity index (χ0v) is 12.7. The molecule has 1 unspecified atom stereocenters. The van der Waals surface area contributed by atoms with Gasteiger partial charge in [0, 0.05) is 13.1 Å². The van der Waals surface area contributed by atoms with Crippen molar-refractivity contribution in [2.24, 2.45) is 5.92 Å². The number of carboxylic acid groups (broad SMARTS) is 1.